The van der Waals surface area contributed by atoms with Crippen molar-refractivity contribution in [2.24, 2.45) is 4.99 Å². The van der Waals surface area contributed by atoms with E-state index in [-0.39, 0.29) is 24.0 Å². The van der Waals surface area contributed by atoms with Crippen LogP contribution in [0, 0.1) is 0 Å². The van der Waals surface area contributed by atoms with Gasteiger partial charge in [0.25, 0.3) is 0 Å². The van der Waals surface area contributed by atoms with Gasteiger partial charge in [0.15, 0.2) is 5.96 Å². The average molecular weight is 541 g/mol. The van der Waals surface area contributed by atoms with Crippen LogP contribution in [-0.2, 0) is 13.1 Å². The lowest BCUT2D eigenvalue weighted by Crippen LogP contribution is -2.44. The summed E-state index contributed by atoms with van der Waals surface area (Å²) in [5.74, 6) is 1.95. The van der Waals surface area contributed by atoms with Crippen LogP contribution in [0.15, 0.2) is 52.5 Å². The second kappa shape index (κ2) is 12.4. The Bertz CT molecular complexity index is 806. The molecule has 2 aromatic rings. The molecule has 1 N–H and O–H groups in total. The van der Waals surface area contributed by atoms with Crippen molar-refractivity contribution in [3.8, 4) is 0 Å². The molecule has 2 heterocycles. The average Bonchev–Trinajstić information content (AvgIpc) is 2.75. The number of halogens is 1. The monoisotopic (exact) mass is 540 g/mol. The van der Waals surface area contributed by atoms with E-state index in [1.54, 1.807) is 11.8 Å². The Hall–Kier alpha value is -1.52. The number of hydrogen-bond donors (Lipinski definition) is 1. The minimum atomic E-state index is 0. The molecule has 1 aliphatic rings. The van der Waals surface area contributed by atoms with E-state index in [0.29, 0.717) is 0 Å². The summed E-state index contributed by atoms with van der Waals surface area (Å²) in [7, 11) is 6.07. The van der Waals surface area contributed by atoms with Crippen molar-refractivity contribution in [2.45, 2.75) is 18.0 Å². The number of piperazine rings is 1. The normalized spacial score (nSPS) is 14.9. The highest BCUT2D eigenvalue weighted by atomic mass is 127. The first-order valence-corrected chi connectivity index (χ1v) is 11.2. The molecule has 0 aliphatic carbocycles. The van der Waals surface area contributed by atoms with Gasteiger partial charge in [-0.25, -0.2) is 4.98 Å². The molecule has 0 saturated carbocycles. The SMILES string of the molecule is CN=C(NCc1ccnc(N2CCN(C)CC2)c1)N(C)Cc1ccc(SC)cc1.I. The van der Waals surface area contributed by atoms with Gasteiger partial charge in [-0.1, -0.05) is 12.1 Å². The minimum absolute atomic E-state index is 0. The zero-order valence-corrected chi connectivity index (χ0v) is 21.5. The van der Waals surface area contributed by atoms with Crippen LogP contribution in [0.3, 0.4) is 0 Å². The molecule has 3 rings (SSSR count). The van der Waals surface area contributed by atoms with Gasteiger partial charge in [0.05, 0.1) is 0 Å². The maximum Gasteiger partial charge on any atom is 0.193 e. The molecular weight excluding hydrogens is 507 g/mol. The number of anilines is 1. The van der Waals surface area contributed by atoms with Crippen molar-refractivity contribution in [1.82, 2.24) is 20.1 Å². The Kier molecular flexibility index (Phi) is 10.2. The summed E-state index contributed by atoms with van der Waals surface area (Å²) in [5.41, 5.74) is 2.49. The Morgan fingerprint density at radius 3 is 2.47 bits per heavy atom. The summed E-state index contributed by atoms with van der Waals surface area (Å²) in [5, 5.41) is 3.48. The lowest BCUT2D eigenvalue weighted by atomic mass is 10.2. The van der Waals surface area contributed by atoms with Crippen LogP contribution >= 0.6 is 35.7 Å². The fraction of sp³-hybridized carbons (Fsp3) is 0.455. The number of aliphatic imine (C=N–C) groups is 1. The Morgan fingerprint density at radius 2 is 1.83 bits per heavy atom. The van der Waals surface area contributed by atoms with Crippen molar-refractivity contribution >= 4 is 47.5 Å². The molecule has 6 nitrogen and oxygen atoms in total. The number of thioether (sulfide) groups is 1. The number of likely N-dealkylation sites (N-methyl/N-ethyl adjacent to an activating group) is 1. The van der Waals surface area contributed by atoms with E-state index in [9.17, 15) is 0 Å². The van der Waals surface area contributed by atoms with Crippen LogP contribution in [0.2, 0.25) is 0 Å². The van der Waals surface area contributed by atoms with E-state index >= 15 is 0 Å². The number of nitrogens with zero attached hydrogens (tertiary/aromatic N) is 5. The first kappa shape index (κ1) is 24.7. The van der Waals surface area contributed by atoms with Crippen molar-refractivity contribution < 1.29 is 0 Å². The molecule has 164 valence electrons. The summed E-state index contributed by atoms with van der Waals surface area (Å²) in [6.07, 6.45) is 4.01. The summed E-state index contributed by atoms with van der Waals surface area (Å²) in [4.78, 5) is 17.2. The molecule has 1 saturated heterocycles. The molecular formula is C22H33IN6S. The van der Waals surface area contributed by atoms with E-state index < -0.39 is 0 Å². The van der Waals surface area contributed by atoms with Crippen LogP contribution in [0.5, 0.6) is 0 Å². The third kappa shape index (κ3) is 7.02. The van der Waals surface area contributed by atoms with Gasteiger partial charge in [0, 0.05) is 64.5 Å². The predicted molar refractivity (Wildman–Crippen MR) is 139 cm³/mol. The van der Waals surface area contributed by atoms with Crippen LogP contribution in [0.25, 0.3) is 0 Å². The van der Waals surface area contributed by atoms with Crippen molar-refractivity contribution in [1.29, 1.82) is 0 Å². The van der Waals surface area contributed by atoms with Crippen LogP contribution in [-0.4, -0.2) is 74.3 Å². The van der Waals surface area contributed by atoms with E-state index in [2.05, 4.69) is 86.7 Å². The number of rotatable bonds is 6. The molecule has 0 bridgehead atoms. The van der Waals surface area contributed by atoms with Gasteiger partial charge in [0.1, 0.15) is 5.82 Å². The standard InChI is InChI=1S/C22H32N6S.HI/c1-23-22(27(3)17-18-5-7-20(29-4)8-6-18)25-16-19-9-10-24-21(15-19)28-13-11-26(2)12-14-28;/h5-10,15H,11-14,16-17H2,1-4H3,(H,23,25);1H. The van der Waals surface area contributed by atoms with E-state index in [1.165, 1.54) is 16.0 Å². The molecule has 1 aromatic heterocycles. The van der Waals surface area contributed by atoms with Gasteiger partial charge in [-0.2, -0.15) is 0 Å². The maximum absolute atomic E-state index is 4.58. The fourth-order valence-electron chi connectivity index (χ4n) is 3.42. The summed E-state index contributed by atoms with van der Waals surface area (Å²) in [6.45, 7) is 5.77. The number of nitrogens with one attached hydrogen (secondary N) is 1. The summed E-state index contributed by atoms with van der Waals surface area (Å²) < 4.78 is 0. The summed E-state index contributed by atoms with van der Waals surface area (Å²) in [6, 6.07) is 13.0. The van der Waals surface area contributed by atoms with Gasteiger partial charge in [-0.3, -0.25) is 4.99 Å². The fourth-order valence-corrected chi connectivity index (χ4v) is 3.83. The smallest absolute Gasteiger partial charge is 0.193 e. The zero-order valence-electron chi connectivity index (χ0n) is 18.3. The molecule has 30 heavy (non-hydrogen) atoms. The highest BCUT2D eigenvalue weighted by molar-refractivity contribution is 14.0. The van der Waals surface area contributed by atoms with Crippen molar-refractivity contribution in [2.75, 3.05) is 58.5 Å². The quantitative estimate of drug-likeness (QED) is 0.263. The molecule has 1 fully saturated rings. The van der Waals surface area contributed by atoms with E-state index in [4.69, 9.17) is 0 Å². The number of benzene rings is 1. The maximum atomic E-state index is 4.58. The molecule has 1 aromatic carbocycles. The predicted octanol–water partition coefficient (Wildman–Crippen LogP) is 3.38. The van der Waals surface area contributed by atoms with Crippen LogP contribution < -0.4 is 10.2 Å². The first-order valence-electron chi connectivity index (χ1n) is 10.0. The summed E-state index contributed by atoms with van der Waals surface area (Å²) >= 11 is 1.76. The first-order chi connectivity index (χ1) is 14.1. The van der Waals surface area contributed by atoms with Gasteiger partial charge < -0.3 is 20.0 Å². The van der Waals surface area contributed by atoms with Gasteiger partial charge in [-0.05, 0) is 48.7 Å². The van der Waals surface area contributed by atoms with Gasteiger partial charge >= 0.3 is 0 Å². The lowest BCUT2D eigenvalue weighted by molar-refractivity contribution is 0.312. The van der Waals surface area contributed by atoms with Gasteiger partial charge in [0.2, 0.25) is 0 Å². The molecule has 0 spiro atoms. The number of guanidine groups is 1. The van der Waals surface area contributed by atoms with Crippen molar-refractivity contribution in [3.63, 3.8) is 0 Å². The second-order valence-electron chi connectivity index (χ2n) is 7.42. The molecule has 0 atom stereocenters. The Labute approximate surface area is 202 Å². The van der Waals surface area contributed by atoms with Gasteiger partial charge in [-0.15, -0.1) is 35.7 Å². The van der Waals surface area contributed by atoms with E-state index in [1.807, 2.05) is 13.2 Å². The van der Waals surface area contributed by atoms with Crippen LogP contribution in [0.1, 0.15) is 11.1 Å². The largest absolute Gasteiger partial charge is 0.354 e. The Morgan fingerprint density at radius 1 is 1.13 bits per heavy atom. The highest BCUT2D eigenvalue weighted by Gasteiger charge is 2.15. The van der Waals surface area contributed by atoms with E-state index in [0.717, 1.165) is 51.0 Å². The Balaban J connectivity index is 0.00000320. The minimum Gasteiger partial charge on any atom is -0.354 e. The number of hydrogen-bond acceptors (Lipinski definition) is 5. The molecule has 1 aliphatic heterocycles. The topological polar surface area (TPSA) is 47.0 Å². The second-order valence-corrected chi connectivity index (χ2v) is 8.30. The highest BCUT2D eigenvalue weighted by Crippen LogP contribution is 2.16. The van der Waals surface area contributed by atoms with Crippen molar-refractivity contribution in [3.05, 3.63) is 53.7 Å². The number of pyridine rings is 1. The zero-order chi connectivity index (χ0) is 20.6. The number of aromatic nitrogens is 1. The molecule has 0 unspecified atom stereocenters. The molecule has 0 radical (unpaired) electrons. The third-order valence-corrected chi connectivity index (χ3v) is 5.98. The lowest BCUT2D eigenvalue weighted by Gasteiger charge is -2.33. The third-order valence-electron chi connectivity index (χ3n) is 5.24. The molecule has 0 amide bonds. The molecule has 8 heteroatoms. The van der Waals surface area contributed by atoms with Crippen LogP contribution in [0.4, 0.5) is 5.82 Å².